The van der Waals surface area contributed by atoms with E-state index in [9.17, 15) is 9.90 Å². The number of carbonyl (C=O) groups excluding carboxylic acids is 1. The van der Waals surface area contributed by atoms with E-state index in [-0.39, 0.29) is 18.0 Å². The Bertz CT molecular complexity index is 882. The van der Waals surface area contributed by atoms with Crippen molar-refractivity contribution >= 4 is 5.91 Å². The number of aliphatic hydroxyl groups is 1. The van der Waals surface area contributed by atoms with Crippen molar-refractivity contribution in [2.24, 2.45) is 0 Å². The van der Waals surface area contributed by atoms with Crippen LogP contribution in [-0.2, 0) is 5.60 Å². The Morgan fingerprint density at radius 2 is 1.97 bits per heavy atom. The van der Waals surface area contributed by atoms with Crippen molar-refractivity contribution in [1.29, 1.82) is 0 Å². The van der Waals surface area contributed by atoms with Crippen LogP contribution in [0.4, 0.5) is 0 Å². The van der Waals surface area contributed by atoms with E-state index in [0.29, 0.717) is 42.2 Å². The van der Waals surface area contributed by atoms with Gasteiger partial charge in [-0.2, -0.15) is 0 Å². The third kappa shape index (κ3) is 3.60. The van der Waals surface area contributed by atoms with Crippen LogP contribution in [0.5, 0.6) is 11.6 Å². The van der Waals surface area contributed by atoms with Crippen molar-refractivity contribution in [3.05, 3.63) is 66.4 Å². The molecule has 2 aromatic rings. The zero-order chi connectivity index (χ0) is 20.4. The summed E-state index contributed by atoms with van der Waals surface area (Å²) in [5.41, 5.74) is 0.303. The molecule has 1 amide bonds. The summed E-state index contributed by atoms with van der Waals surface area (Å²) >= 11 is 0. The highest BCUT2D eigenvalue weighted by Crippen LogP contribution is 2.47. The fraction of sp³-hybridized carbons (Fsp3) is 0.391. The van der Waals surface area contributed by atoms with E-state index < -0.39 is 5.60 Å². The van der Waals surface area contributed by atoms with Gasteiger partial charge in [0.15, 0.2) is 0 Å². The lowest BCUT2D eigenvalue weighted by molar-refractivity contribution is -0.0494. The number of carbonyl (C=O) groups is 1. The second-order valence-electron chi connectivity index (χ2n) is 7.72. The molecule has 2 saturated heterocycles. The number of aromatic nitrogens is 1. The number of nitrogens with zero attached hydrogens (tertiary/aromatic N) is 2. The van der Waals surface area contributed by atoms with Gasteiger partial charge in [-0.1, -0.05) is 12.7 Å². The van der Waals surface area contributed by atoms with E-state index in [0.717, 1.165) is 12.8 Å². The summed E-state index contributed by atoms with van der Waals surface area (Å²) in [5.74, 6) is 1.17. The molecule has 2 aliphatic rings. The first kappa shape index (κ1) is 19.5. The van der Waals surface area contributed by atoms with E-state index in [2.05, 4.69) is 11.6 Å². The van der Waals surface area contributed by atoms with Crippen molar-refractivity contribution in [2.45, 2.75) is 43.4 Å². The standard InChI is InChI=1S/C23H26N2O4/c1-3-13-29-19-10-6-16(7-11-19)22(26)25-17-8-9-18(25)15-23(27,14-17)20-5-4-12-24-21(20)28-2/h3-7,10-12,17-18,27H,1,8-9,13-15H2,2H3/t17-,18+,23?. The molecule has 29 heavy (non-hydrogen) atoms. The molecule has 152 valence electrons. The SMILES string of the molecule is C=CCOc1ccc(C(=O)N2[C@@H]3CC[C@H]2CC(O)(c2cccnc2OC)C3)cc1. The number of benzene rings is 1. The maximum atomic E-state index is 13.2. The molecule has 2 aliphatic heterocycles. The van der Waals surface area contributed by atoms with Gasteiger partial charge in [-0.25, -0.2) is 4.98 Å². The van der Waals surface area contributed by atoms with Crippen molar-refractivity contribution in [2.75, 3.05) is 13.7 Å². The van der Waals surface area contributed by atoms with Gasteiger partial charge in [-0.05, 0) is 49.2 Å². The van der Waals surface area contributed by atoms with Crippen molar-refractivity contribution in [1.82, 2.24) is 9.88 Å². The maximum Gasteiger partial charge on any atom is 0.254 e. The lowest BCUT2D eigenvalue weighted by Gasteiger charge is -2.44. The molecule has 6 nitrogen and oxygen atoms in total. The van der Waals surface area contributed by atoms with E-state index in [1.807, 2.05) is 17.0 Å². The van der Waals surface area contributed by atoms with Gasteiger partial charge in [0.2, 0.25) is 5.88 Å². The molecule has 0 saturated carbocycles. The molecule has 3 atom stereocenters. The van der Waals surface area contributed by atoms with Gasteiger partial charge in [0.05, 0.1) is 12.7 Å². The monoisotopic (exact) mass is 394 g/mol. The van der Waals surface area contributed by atoms with Crippen LogP contribution in [0, 0.1) is 0 Å². The molecule has 2 fully saturated rings. The van der Waals surface area contributed by atoms with Crippen LogP contribution < -0.4 is 9.47 Å². The topological polar surface area (TPSA) is 71.9 Å². The van der Waals surface area contributed by atoms with E-state index in [1.165, 1.54) is 0 Å². The van der Waals surface area contributed by atoms with E-state index >= 15 is 0 Å². The minimum atomic E-state index is -1.04. The number of fused-ring (bicyclic) bond motifs is 2. The zero-order valence-electron chi connectivity index (χ0n) is 16.6. The Balaban J connectivity index is 1.53. The minimum absolute atomic E-state index is 0.00662. The largest absolute Gasteiger partial charge is 0.490 e. The maximum absolute atomic E-state index is 13.2. The summed E-state index contributed by atoms with van der Waals surface area (Å²) in [6.07, 6.45) is 6.09. The molecule has 2 bridgehead atoms. The molecular weight excluding hydrogens is 368 g/mol. The van der Waals surface area contributed by atoms with E-state index in [4.69, 9.17) is 9.47 Å². The molecule has 3 heterocycles. The van der Waals surface area contributed by atoms with Gasteiger partial charge in [0.1, 0.15) is 12.4 Å². The highest BCUT2D eigenvalue weighted by molar-refractivity contribution is 5.95. The average Bonchev–Trinajstić information content (AvgIpc) is 3.03. The minimum Gasteiger partial charge on any atom is -0.490 e. The van der Waals surface area contributed by atoms with Gasteiger partial charge in [0, 0.05) is 42.2 Å². The zero-order valence-corrected chi connectivity index (χ0v) is 16.6. The van der Waals surface area contributed by atoms with Crippen molar-refractivity contribution < 1.29 is 19.4 Å². The third-order valence-electron chi connectivity index (χ3n) is 5.94. The molecule has 0 spiro atoms. The van der Waals surface area contributed by atoms with Crippen molar-refractivity contribution in [3.63, 3.8) is 0 Å². The first-order valence-electron chi connectivity index (χ1n) is 9.94. The predicted molar refractivity (Wildman–Crippen MR) is 109 cm³/mol. The number of hydrogen-bond donors (Lipinski definition) is 1. The Morgan fingerprint density at radius 3 is 2.59 bits per heavy atom. The number of rotatable bonds is 6. The highest BCUT2D eigenvalue weighted by atomic mass is 16.5. The fourth-order valence-corrected chi connectivity index (χ4v) is 4.68. The van der Waals surface area contributed by atoms with Crippen LogP contribution in [-0.4, -0.2) is 46.7 Å². The molecule has 1 aromatic carbocycles. The molecule has 0 aliphatic carbocycles. The Morgan fingerprint density at radius 1 is 1.28 bits per heavy atom. The van der Waals surface area contributed by atoms with E-state index in [1.54, 1.807) is 43.6 Å². The first-order valence-corrected chi connectivity index (χ1v) is 9.94. The number of amides is 1. The number of ether oxygens (including phenoxy) is 2. The van der Waals surface area contributed by atoms with Gasteiger partial charge < -0.3 is 19.5 Å². The normalized spacial score (nSPS) is 25.5. The summed E-state index contributed by atoms with van der Waals surface area (Å²) in [7, 11) is 1.56. The summed E-state index contributed by atoms with van der Waals surface area (Å²) in [5, 5.41) is 11.4. The second-order valence-corrected chi connectivity index (χ2v) is 7.72. The molecule has 4 rings (SSSR count). The Kier molecular flexibility index (Phi) is 5.28. The third-order valence-corrected chi connectivity index (χ3v) is 5.94. The summed E-state index contributed by atoms with van der Waals surface area (Å²) in [6.45, 7) is 4.06. The average molecular weight is 394 g/mol. The van der Waals surface area contributed by atoms with Crippen LogP contribution in [0.15, 0.2) is 55.3 Å². The lowest BCUT2D eigenvalue weighted by Crippen LogP contribution is -2.52. The molecule has 1 unspecified atom stereocenters. The number of piperidine rings is 1. The van der Waals surface area contributed by atoms with Crippen LogP contribution in [0.25, 0.3) is 0 Å². The Labute approximate surface area is 170 Å². The van der Waals surface area contributed by atoms with Gasteiger partial charge in [-0.3, -0.25) is 4.79 Å². The quantitative estimate of drug-likeness (QED) is 0.761. The number of methoxy groups -OCH3 is 1. The number of hydrogen-bond acceptors (Lipinski definition) is 5. The predicted octanol–water partition coefficient (Wildman–Crippen LogP) is 3.31. The van der Waals surface area contributed by atoms with Crippen LogP contribution >= 0.6 is 0 Å². The Hall–Kier alpha value is -2.86. The first-order chi connectivity index (χ1) is 14.1. The lowest BCUT2D eigenvalue weighted by atomic mass is 9.80. The molecule has 0 radical (unpaired) electrons. The summed E-state index contributed by atoms with van der Waals surface area (Å²) in [6, 6.07) is 10.9. The summed E-state index contributed by atoms with van der Waals surface area (Å²) < 4.78 is 10.9. The van der Waals surface area contributed by atoms with Gasteiger partial charge in [0.25, 0.3) is 5.91 Å². The molecule has 6 heteroatoms. The van der Waals surface area contributed by atoms with Crippen LogP contribution in [0.1, 0.15) is 41.6 Å². The molecule has 1 N–H and O–H groups in total. The molecular formula is C23H26N2O4. The fourth-order valence-electron chi connectivity index (χ4n) is 4.68. The number of pyridine rings is 1. The highest BCUT2D eigenvalue weighted by Gasteiger charge is 2.51. The molecule has 1 aromatic heterocycles. The van der Waals surface area contributed by atoms with Gasteiger partial charge in [-0.15, -0.1) is 0 Å². The second kappa shape index (κ2) is 7.87. The van der Waals surface area contributed by atoms with Crippen molar-refractivity contribution in [3.8, 4) is 11.6 Å². The van der Waals surface area contributed by atoms with Crippen LogP contribution in [0.2, 0.25) is 0 Å². The summed E-state index contributed by atoms with van der Waals surface area (Å²) in [4.78, 5) is 19.4. The van der Waals surface area contributed by atoms with Gasteiger partial charge >= 0.3 is 0 Å². The van der Waals surface area contributed by atoms with Crippen LogP contribution in [0.3, 0.4) is 0 Å². The smallest absolute Gasteiger partial charge is 0.254 e.